The minimum atomic E-state index is 0.219. The van der Waals surface area contributed by atoms with Crippen molar-refractivity contribution >= 4 is 5.69 Å². The van der Waals surface area contributed by atoms with Crippen LogP contribution < -0.4 is 11.1 Å². The van der Waals surface area contributed by atoms with Crippen molar-refractivity contribution in [2.45, 2.75) is 33.1 Å². The summed E-state index contributed by atoms with van der Waals surface area (Å²) in [6.07, 6.45) is 0. The molecule has 0 unspecified atom stereocenters. The molecule has 15 heavy (non-hydrogen) atoms. The fraction of sp³-hybridized carbons (Fsp3) is 0.538. The van der Waals surface area contributed by atoms with Crippen molar-refractivity contribution in [1.82, 2.24) is 0 Å². The molecule has 0 saturated carbocycles. The summed E-state index contributed by atoms with van der Waals surface area (Å²) in [6.45, 7) is 10.3. The topological polar surface area (TPSA) is 38.0 Å². The van der Waals surface area contributed by atoms with Crippen LogP contribution in [-0.2, 0) is 5.41 Å². The molecule has 0 aliphatic carbocycles. The largest absolute Gasteiger partial charge is 0.384 e. The maximum absolute atomic E-state index is 5.46. The van der Waals surface area contributed by atoms with E-state index in [1.165, 1.54) is 16.8 Å². The summed E-state index contributed by atoms with van der Waals surface area (Å²) < 4.78 is 0. The minimum Gasteiger partial charge on any atom is -0.384 e. The van der Waals surface area contributed by atoms with E-state index in [-0.39, 0.29) is 5.41 Å². The molecular weight excluding hydrogens is 184 g/mol. The van der Waals surface area contributed by atoms with Crippen LogP contribution in [0.2, 0.25) is 0 Å². The average Bonchev–Trinajstić information content (AvgIpc) is 2.14. The summed E-state index contributed by atoms with van der Waals surface area (Å²) in [5.74, 6) is 0. The molecule has 0 aromatic heterocycles. The predicted octanol–water partition coefficient (Wildman–Crippen LogP) is 2.66. The highest BCUT2D eigenvalue weighted by atomic mass is 14.9. The fourth-order valence-electron chi connectivity index (χ4n) is 1.54. The Morgan fingerprint density at radius 1 is 1.27 bits per heavy atom. The van der Waals surface area contributed by atoms with Gasteiger partial charge in [0.1, 0.15) is 0 Å². The second-order valence-electron chi connectivity index (χ2n) is 5.00. The normalized spacial score (nSPS) is 11.5. The maximum atomic E-state index is 5.46. The molecule has 0 bridgehead atoms. The van der Waals surface area contributed by atoms with Gasteiger partial charge >= 0.3 is 0 Å². The van der Waals surface area contributed by atoms with E-state index in [9.17, 15) is 0 Å². The summed E-state index contributed by atoms with van der Waals surface area (Å²) in [4.78, 5) is 0. The molecule has 1 aromatic carbocycles. The first-order chi connectivity index (χ1) is 6.95. The predicted molar refractivity (Wildman–Crippen MR) is 67.4 cm³/mol. The smallest absolute Gasteiger partial charge is 0.0370 e. The molecule has 0 radical (unpaired) electrons. The van der Waals surface area contributed by atoms with Gasteiger partial charge in [-0.1, -0.05) is 32.9 Å². The zero-order valence-electron chi connectivity index (χ0n) is 10.2. The number of nitrogens with one attached hydrogen (secondary N) is 1. The molecule has 0 aliphatic heterocycles. The highest BCUT2D eigenvalue weighted by Crippen LogP contribution is 2.26. The molecule has 2 heteroatoms. The SMILES string of the molecule is Cc1cc(C(C)(C)C)ccc1NCCN. The van der Waals surface area contributed by atoms with Gasteiger partial charge in [-0.05, 0) is 29.5 Å². The van der Waals surface area contributed by atoms with Crippen LogP contribution in [0.25, 0.3) is 0 Å². The Balaban J connectivity index is 2.88. The molecule has 2 nitrogen and oxygen atoms in total. The Bertz CT molecular complexity index is 324. The first-order valence-corrected chi connectivity index (χ1v) is 5.50. The van der Waals surface area contributed by atoms with Crippen molar-refractivity contribution in [3.05, 3.63) is 29.3 Å². The molecule has 0 aliphatic rings. The second kappa shape index (κ2) is 4.67. The highest BCUT2D eigenvalue weighted by molar-refractivity contribution is 5.52. The lowest BCUT2D eigenvalue weighted by atomic mass is 9.86. The van der Waals surface area contributed by atoms with Crippen molar-refractivity contribution in [2.75, 3.05) is 18.4 Å². The number of aryl methyl sites for hydroxylation is 1. The summed E-state index contributed by atoms with van der Waals surface area (Å²) in [7, 11) is 0. The van der Waals surface area contributed by atoms with Gasteiger partial charge < -0.3 is 11.1 Å². The first kappa shape index (κ1) is 12.1. The van der Waals surface area contributed by atoms with Crippen molar-refractivity contribution < 1.29 is 0 Å². The van der Waals surface area contributed by atoms with Crippen molar-refractivity contribution in [3.63, 3.8) is 0 Å². The summed E-state index contributed by atoms with van der Waals surface area (Å²) in [5.41, 5.74) is 9.53. The van der Waals surface area contributed by atoms with E-state index in [1.807, 2.05) is 0 Å². The van der Waals surface area contributed by atoms with Crippen molar-refractivity contribution in [2.24, 2.45) is 5.73 Å². The lowest BCUT2D eigenvalue weighted by molar-refractivity contribution is 0.590. The van der Waals surface area contributed by atoms with Crippen LogP contribution in [0.5, 0.6) is 0 Å². The van der Waals surface area contributed by atoms with E-state index in [0.29, 0.717) is 6.54 Å². The van der Waals surface area contributed by atoms with Crippen LogP contribution in [0.15, 0.2) is 18.2 Å². The van der Waals surface area contributed by atoms with Gasteiger partial charge in [-0.15, -0.1) is 0 Å². The number of anilines is 1. The third kappa shape index (κ3) is 3.24. The minimum absolute atomic E-state index is 0.219. The Kier molecular flexibility index (Phi) is 3.75. The molecule has 84 valence electrons. The van der Waals surface area contributed by atoms with Crippen LogP contribution in [0.4, 0.5) is 5.69 Å². The summed E-state index contributed by atoms with van der Waals surface area (Å²) in [6, 6.07) is 6.58. The standard InChI is InChI=1S/C13H22N2/c1-10-9-11(13(2,3)4)5-6-12(10)15-8-7-14/h5-6,9,15H,7-8,14H2,1-4H3. The molecular formula is C13H22N2. The summed E-state index contributed by atoms with van der Waals surface area (Å²) >= 11 is 0. The number of benzene rings is 1. The van der Waals surface area contributed by atoms with Gasteiger partial charge in [0.05, 0.1) is 0 Å². The molecule has 1 aromatic rings. The fourth-order valence-corrected chi connectivity index (χ4v) is 1.54. The van der Waals surface area contributed by atoms with Crippen LogP contribution in [0.3, 0.4) is 0 Å². The molecule has 0 amide bonds. The zero-order valence-corrected chi connectivity index (χ0v) is 10.2. The van der Waals surface area contributed by atoms with Gasteiger partial charge in [0.25, 0.3) is 0 Å². The van der Waals surface area contributed by atoms with Crippen LogP contribution in [0.1, 0.15) is 31.9 Å². The Labute approximate surface area is 92.9 Å². The molecule has 0 heterocycles. The van der Waals surface area contributed by atoms with Gasteiger partial charge in [-0.3, -0.25) is 0 Å². The quantitative estimate of drug-likeness (QED) is 0.798. The van der Waals surface area contributed by atoms with Crippen LogP contribution in [-0.4, -0.2) is 13.1 Å². The summed E-state index contributed by atoms with van der Waals surface area (Å²) in [5, 5.41) is 3.32. The van der Waals surface area contributed by atoms with E-state index < -0.39 is 0 Å². The Morgan fingerprint density at radius 2 is 1.93 bits per heavy atom. The third-order valence-electron chi connectivity index (χ3n) is 2.55. The molecule has 0 saturated heterocycles. The lowest BCUT2D eigenvalue weighted by Crippen LogP contribution is -2.15. The molecule has 0 spiro atoms. The molecule has 1 rings (SSSR count). The van der Waals surface area contributed by atoms with E-state index in [4.69, 9.17) is 5.73 Å². The second-order valence-corrected chi connectivity index (χ2v) is 5.00. The van der Waals surface area contributed by atoms with E-state index >= 15 is 0 Å². The van der Waals surface area contributed by atoms with Crippen molar-refractivity contribution in [3.8, 4) is 0 Å². The van der Waals surface area contributed by atoms with Gasteiger partial charge in [-0.2, -0.15) is 0 Å². The van der Waals surface area contributed by atoms with E-state index in [0.717, 1.165) is 6.54 Å². The van der Waals surface area contributed by atoms with E-state index in [2.05, 4.69) is 51.2 Å². The average molecular weight is 206 g/mol. The Morgan fingerprint density at radius 3 is 2.40 bits per heavy atom. The third-order valence-corrected chi connectivity index (χ3v) is 2.55. The van der Waals surface area contributed by atoms with Crippen LogP contribution >= 0.6 is 0 Å². The van der Waals surface area contributed by atoms with Gasteiger partial charge in [0, 0.05) is 18.8 Å². The van der Waals surface area contributed by atoms with Gasteiger partial charge in [-0.25, -0.2) is 0 Å². The van der Waals surface area contributed by atoms with Gasteiger partial charge in [0.15, 0.2) is 0 Å². The molecule has 0 atom stereocenters. The zero-order chi connectivity index (χ0) is 11.5. The maximum Gasteiger partial charge on any atom is 0.0370 e. The Hall–Kier alpha value is -1.02. The molecule has 0 fully saturated rings. The van der Waals surface area contributed by atoms with E-state index in [1.54, 1.807) is 0 Å². The highest BCUT2D eigenvalue weighted by Gasteiger charge is 2.13. The number of nitrogens with two attached hydrogens (primary N) is 1. The number of rotatable bonds is 3. The number of hydrogen-bond acceptors (Lipinski definition) is 2. The monoisotopic (exact) mass is 206 g/mol. The van der Waals surface area contributed by atoms with Crippen LogP contribution in [0, 0.1) is 6.92 Å². The first-order valence-electron chi connectivity index (χ1n) is 5.50. The molecule has 3 N–H and O–H groups in total. The van der Waals surface area contributed by atoms with Crippen molar-refractivity contribution in [1.29, 1.82) is 0 Å². The number of hydrogen-bond donors (Lipinski definition) is 2. The lowest BCUT2D eigenvalue weighted by Gasteiger charge is -2.20. The van der Waals surface area contributed by atoms with Gasteiger partial charge in [0.2, 0.25) is 0 Å².